The van der Waals surface area contributed by atoms with Gasteiger partial charge in [0.05, 0.1) is 12.1 Å². The largest absolute Gasteiger partial charge is 0.479 e. The number of methoxy groups -OCH3 is 1. The zero-order valence-electron chi connectivity index (χ0n) is 10.2. The van der Waals surface area contributed by atoms with Crippen LogP contribution >= 0.6 is 11.3 Å². The first kappa shape index (κ1) is 15.6. The van der Waals surface area contributed by atoms with Crippen LogP contribution in [-0.4, -0.2) is 51.4 Å². The topological polar surface area (TPSA) is 110 Å². The standard InChI is InChI=1S/C10H13NO6S2/c1-17-7(10(13)14)4-11-9(12)6-3-8(18-5-6)19(2,15)16/h3,5,7H,4H2,1-2H3,(H,11,12)(H,13,14). The van der Waals surface area contributed by atoms with E-state index in [9.17, 15) is 18.0 Å². The van der Waals surface area contributed by atoms with Gasteiger partial charge < -0.3 is 15.2 Å². The highest BCUT2D eigenvalue weighted by molar-refractivity contribution is 7.92. The average Bonchev–Trinajstić information content (AvgIpc) is 2.77. The van der Waals surface area contributed by atoms with Gasteiger partial charge in [0, 0.05) is 18.7 Å². The van der Waals surface area contributed by atoms with Crippen molar-refractivity contribution in [3.8, 4) is 0 Å². The van der Waals surface area contributed by atoms with Gasteiger partial charge in [-0.15, -0.1) is 11.3 Å². The molecule has 1 atom stereocenters. The molecule has 1 rings (SSSR count). The molecule has 1 unspecified atom stereocenters. The van der Waals surface area contributed by atoms with Gasteiger partial charge in [-0.3, -0.25) is 4.79 Å². The third-order valence-corrected chi connectivity index (χ3v) is 4.98. The van der Waals surface area contributed by atoms with E-state index in [2.05, 4.69) is 10.1 Å². The minimum atomic E-state index is -3.35. The molecule has 0 aliphatic carbocycles. The lowest BCUT2D eigenvalue weighted by Crippen LogP contribution is -2.37. The Morgan fingerprint density at radius 1 is 1.53 bits per heavy atom. The van der Waals surface area contributed by atoms with Crippen molar-refractivity contribution in [1.82, 2.24) is 5.32 Å². The summed E-state index contributed by atoms with van der Waals surface area (Å²) in [5.41, 5.74) is 0.172. The highest BCUT2D eigenvalue weighted by atomic mass is 32.2. The zero-order valence-corrected chi connectivity index (χ0v) is 11.9. The Labute approximate surface area is 114 Å². The molecule has 0 aliphatic rings. The molecule has 0 saturated heterocycles. The molecule has 1 aromatic heterocycles. The molecule has 0 fully saturated rings. The van der Waals surface area contributed by atoms with Crippen molar-refractivity contribution in [3.05, 3.63) is 17.0 Å². The molecule has 1 heterocycles. The summed E-state index contributed by atoms with van der Waals surface area (Å²) in [6, 6.07) is 1.25. The molecule has 7 nitrogen and oxygen atoms in total. The fourth-order valence-electron chi connectivity index (χ4n) is 1.19. The van der Waals surface area contributed by atoms with Crippen LogP contribution in [-0.2, 0) is 19.4 Å². The van der Waals surface area contributed by atoms with Gasteiger partial charge in [-0.1, -0.05) is 0 Å². The van der Waals surface area contributed by atoms with Gasteiger partial charge >= 0.3 is 5.97 Å². The monoisotopic (exact) mass is 307 g/mol. The molecule has 0 radical (unpaired) electrons. The van der Waals surface area contributed by atoms with Crippen LogP contribution in [0.15, 0.2) is 15.7 Å². The lowest BCUT2D eigenvalue weighted by Gasteiger charge is -2.10. The predicted octanol–water partition coefficient (Wildman–Crippen LogP) is -0.0190. The number of carbonyl (C=O) groups excluding carboxylic acids is 1. The average molecular weight is 307 g/mol. The lowest BCUT2D eigenvalue weighted by atomic mass is 10.3. The minimum Gasteiger partial charge on any atom is -0.479 e. The summed E-state index contributed by atoms with van der Waals surface area (Å²) in [5.74, 6) is -1.74. The number of carbonyl (C=O) groups is 2. The number of rotatable bonds is 6. The van der Waals surface area contributed by atoms with E-state index in [-0.39, 0.29) is 16.3 Å². The molecule has 9 heteroatoms. The Hall–Kier alpha value is -1.45. The van der Waals surface area contributed by atoms with Crippen LogP contribution in [0.3, 0.4) is 0 Å². The van der Waals surface area contributed by atoms with E-state index in [0.29, 0.717) is 0 Å². The Kier molecular flexibility index (Phi) is 5.04. The van der Waals surface area contributed by atoms with Gasteiger partial charge in [-0.25, -0.2) is 13.2 Å². The molecule has 106 valence electrons. The van der Waals surface area contributed by atoms with Gasteiger partial charge in [0.1, 0.15) is 4.21 Å². The Morgan fingerprint density at radius 3 is 2.58 bits per heavy atom. The fourth-order valence-corrected chi connectivity index (χ4v) is 2.99. The molecule has 0 bridgehead atoms. The van der Waals surface area contributed by atoms with E-state index >= 15 is 0 Å². The quantitative estimate of drug-likeness (QED) is 0.764. The minimum absolute atomic E-state index is 0.0826. The highest BCUT2D eigenvalue weighted by Gasteiger charge is 2.19. The van der Waals surface area contributed by atoms with Crippen molar-refractivity contribution in [3.63, 3.8) is 0 Å². The summed E-state index contributed by atoms with van der Waals surface area (Å²) in [6.45, 7) is -0.200. The second kappa shape index (κ2) is 6.13. The number of thiophene rings is 1. The van der Waals surface area contributed by atoms with Crippen LogP contribution in [0.2, 0.25) is 0 Å². The molecular formula is C10H13NO6S2. The van der Waals surface area contributed by atoms with E-state index < -0.39 is 27.8 Å². The molecule has 0 aliphatic heterocycles. The zero-order chi connectivity index (χ0) is 14.6. The van der Waals surface area contributed by atoms with E-state index in [0.717, 1.165) is 17.6 Å². The number of hydrogen-bond acceptors (Lipinski definition) is 6. The maximum Gasteiger partial charge on any atom is 0.334 e. The molecule has 0 saturated carbocycles. The van der Waals surface area contributed by atoms with Crippen LogP contribution in [0.25, 0.3) is 0 Å². The van der Waals surface area contributed by atoms with Crippen molar-refractivity contribution in [2.45, 2.75) is 10.3 Å². The molecule has 19 heavy (non-hydrogen) atoms. The van der Waals surface area contributed by atoms with E-state index in [4.69, 9.17) is 5.11 Å². The van der Waals surface area contributed by atoms with Crippen LogP contribution in [0.5, 0.6) is 0 Å². The van der Waals surface area contributed by atoms with Crippen molar-refractivity contribution < 1.29 is 27.9 Å². The van der Waals surface area contributed by atoms with Crippen LogP contribution in [0, 0.1) is 0 Å². The van der Waals surface area contributed by atoms with Crippen molar-refractivity contribution in [2.24, 2.45) is 0 Å². The van der Waals surface area contributed by atoms with Gasteiger partial charge in [0.15, 0.2) is 15.9 Å². The third-order valence-electron chi connectivity index (χ3n) is 2.21. The van der Waals surface area contributed by atoms with E-state index in [1.807, 2.05) is 0 Å². The van der Waals surface area contributed by atoms with E-state index in [1.54, 1.807) is 0 Å². The number of amides is 1. The number of carboxylic acids is 1. The highest BCUT2D eigenvalue weighted by Crippen LogP contribution is 2.19. The molecule has 0 spiro atoms. The van der Waals surface area contributed by atoms with Crippen molar-refractivity contribution in [1.29, 1.82) is 0 Å². The lowest BCUT2D eigenvalue weighted by molar-refractivity contribution is -0.148. The molecular weight excluding hydrogens is 294 g/mol. The molecule has 2 N–H and O–H groups in total. The van der Waals surface area contributed by atoms with Crippen molar-refractivity contribution in [2.75, 3.05) is 19.9 Å². The predicted molar refractivity (Wildman–Crippen MR) is 68.2 cm³/mol. The number of aliphatic carboxylic acids is 1. The van der Waals surface area contributed by atoms with Crippen LogP contribution in [0.4, 0.5) is 0 Å². The number of nitrogens with one attached hydrogen (secondary N) is 1. The van der Waals surface area contributed by atoms with Gasteiger partial charge in [-0.2, -0.15) is 0 Å². The fraction of sp³-hybridized carbons (Fsp3) is 0.400. The number of ether oxygens (including phenoxy) is 1. The summed E-state index contributed by atoms with van der Waals surface area (Å²) in [7, 11) is -2.13. The van der Waals surface area contributed by atoms with Gasteiger partial charge in [0.2, 0.25) is 0 Å². The summed E-state index contributed by atoms with van der Waals surface area (Å²) in [4.78, 5) is 22.3. The maximum atomic E-state index is 11.7. The van der Waals surface area contributed by atoms with E-state index in [1.165, 1.54) is 18.6 Å². The first-order valence-corrected chi connectivity index (χ1v) is 7.85. The first-order chi connectivity index (χ1) is 8.75. The van der Waals surface area contributed by atoms with Crippen molar-refractivity contribution >= 4 is 33.1 Å². The number of sulfone groups is 1. The second-order valence-electron chi connectivity index (χ2n) is 3.70. The number of carboxylic acid groups (broad SMARTS) is 1. The first-order valence-electron chi connectivity index (χ1n) is 5.08. The third kappa shape index (κ3) is 4.30. The van der Waals surface area contributed by atoms with Crippen LogP contribution in [0.1, 0.15) is 10.4 Å². The maximum absolute atomic E-state index is 11.7. The Balaban J connectivity index is 2.69. The van der Waals surface area contributed by atoms with Gasteiger partial charge in [0.25, 0.3) is 5.91 Å². The normalized spacial score (nSPS) is 12.9. The molecule has 1 aromatic rings. The van der Waals surface area contributed by atoms with Crippen LogP contribution < -0.4 is 5.32 Å². The summed E-state index contributed by atoms with van der Waals surface area (Å²) in [5, 5.41) is 12.5. The SMILES string of the molecule is COC(CNC(=O)c1csc(S(C)(=O)=O)c1)C(=O)O. The summed E-state index contributed by atoms with van der Waals surface area (Å²) < 4.78 is 27.2. The second-order valence-corrected chi connectivity index (χ2v) is 6.85. The summed E-state index contributed by atoms with van der Waals surface area (Å²) >= 11 is 0.935. The Morgan fingerprint density at radius 2 is 2.16 bits per heavy atom. The summed E-state index contributed by atoms with van der Waals surface area (Å²) in [6.07, 6.45) is -0.0942. The smallest absolute Gasteiger partial charge is 0.334 e. The Bertz CT molecular complexity index is 577. The van der Waals surface area contributed by atoms with Gasteiger partial charge in [-0.05, 0) is 6.07 Å². The number of hydrogen-bond donors (Lipinski definition) is 2. The molecule has 1 amide bonds. The molecule has 0 aromatic carbocycles.